The molecule has 2 fully saturated rings. The van der Waals surface area contributed by atoms with Gasteiger partial charge in [0.25, 0.3) is 0 Å². The van der Waals surface area contributed by atoms with Crippen molar-refractivity contribution in [3.8, 4) is 0 Å². The van der Waals surface area contributed by atoms with E-state index in [4.69, 9.17) is 11.6 Å². The Balaban J connectivity index is 0.00000243. The van der Waals surface area contributed by atoms with Crippen LogP contribution in [0.2, 0.25) is 5.02 Å². The third-order valence-corrected chi connectivity index (χ3v) is 7.20. The third kappa shape index (κ3) is 4.89. The van der Waals surface area contributed by atoms with Crippen LogP contribution in [0.3, 0.4) is 0 Å². The number of hydrogen-bond donors (Lipinski definition) is 1. The lowest BCUT2D eigenvalue weighted by molar-refractivity contribution is 0.0600. The number of carbonyl (C=O) groups is 1. The number of nitrogens with one attached hydrogen (secondary N) is 1. The molecule has 146 valence electrons. The number of esters is 1. The monoisotopic (exact) mass is 422 g/mol. The number of nitrogens with zero attached hydrogens (tertiary/aromatic N) is 1. The van der Waals surface area contributed by atoms with Gasteiger partial charge in [-0.15, -0.1) is 12.4 Å². The van der Waals surface area contributed by atoms with Gasteiger partial charge in [-0.3, -0.25) is 0 Å². The first-order chi connectivity index (χ1) is 11.9. The first-order valence-electron chi connectivity index (χ1n) is 8.53. The fraction of sp³-hybridized carbons (Fsp3) is 0.588. The lowest BCUT2D eigenvalue weighted by Crippen LogP contribution is -2.45. The zero-order valence-electron chi connectivity index (χ0n) is 14.6. The number of halogens is 2. The number of rotatable bonds is 6. The Morgan fingerprint density at radius 3 is 2.46 bits per heavy atom. The van der Waals surface area contributed by atoms with E-state index in [-0.39, 0.29) is 27.9 Å². The third-order valence-electron chi connectivity index (χ3n) is 4.82. The van der Waals surface area contributed by atoms with Crippen LogP contribution in [0.15, 0.2) is 23.1 Å². The van der Waals surface area contributed by atoms with Crippen LogP contribution in [-0.4, -0.2) is 51.5 Å². The molecule has 1 N–H and O–H groups in total. The summed E-state index contributed by atoms with van der Waals surface area (Å²) >= 11 is 6.13. The average molecular weight is 423 g/mol. The molecule has 3 rings (SSSR count). The highest BCUT2D eigenvalue weighted by Crippen LogP contribution is 2.30. The second-order valence-electron chi connectivity index (χ2n) is 6.67. The molecule has 0 spiro atoms. The van der Waals surface area contributed by atoms with Crippen LogP contribution in [-0.2, 0) is 14.8 Å². The van der Waals surface area contributed by atoms with Gasteiger partial charge in [0, 0.05) is 19.1 Å². The lowest BCUT2D eigenvalue weighted by atomic mass is 10.1. The lowest BCUT2D eigenvalue weighted by Gasteiger charge is -2.32. The van der Waals surface area contributed by atoms with E-state index in [9.17, 15) is 13.2 Å². The van der Waals surface area contributed by atoms with Gasteiger partial charge in [-0.25, -0.2) is 13.2 Å². The fourth-order valence-electron chi connectivity index (χ4n) is 3.05. The highest BCUT2D eigenvalue weighted by molar-refractivity contribution is 7.89. The zero-order chi connectivity index (χ0) is 18.0. The van der Waals surface area contributed by atoms with Crippen LogP contribution in [0, 0.1) is 5.92 Å². The van der Waals surface area contributed by atoms with Crippen molar-refractivity contribution >= 4 is 40.0 Å². The maximum absolute atomic E-state index is 12.8. The molecule has 2 aliphatic rings. The second-order valence-corrected chi connectivity index (χ2v) is 8.98. The minimum atomic E-state index is -3.66. The summed E-state index contributed by atoms with van der Waals surface area (Å²) in [4.78, 5) is 11.6. The number of carbonyl (C=O) groups excluding carboxylic acids is 1. The summed E-state index contributed by atoms with van der Waals surface area (Å²) in [5.74, 6) is 0.266. The van der Waals surface area contributed by atoms with Crippen LogP contribution in [0.25, 0.3) is 0 Å². The Kier molecular flexibility index (Phi) is 7.33. The maximum Gasteiger partial charge on any atom is 0.337 e. The molecule has 1 saturated heterocycles. The molecule has 1 aromatic rings. The van der Waals surface area contributed by atoms with Gasteiger partial charge in [-0.05, 0) is 56.3 Å². The molecule has 0 bridgehead atoms. The number of sulfonamides is 1. The van der Waals surface area contributed by atoms with E-state index in [2.05, 4.69) is 10.1 Å². The standard InChI is InChI=1S/C17H23ClN2O4S.ClH/c1-24-17(21)13-4-5-16(15(18)10-13)25(22,23)20-8-6-14(7-9-20)19-11-12-2-3-12;/h4-5,10,12,14,19H,2-3,6-9,11H2,1H3;1H. The highest BCUT2D eigenvalue weighted by atomic mass is 35.5. The van der Waals surface area contributed by atoms with Crippen molar-refractivity contribution < 1.29 is 17.9 Å². The minimum absolute atomic E-state index is 0. The van der Waals surface area contributed by atoms with Crippen LogP contribution < -0.4 is 5.32 Å². The van der Waals surface area contributed by atoms with Gasteiger partial charge < -0.3 is 10.1 Å². The van der Waals surface area contributed by atoms with Crippen LogP contribution in [0.4, 0.5) is 0 Å². The number of piperidine rings is 1. The molecule has 0 unspecified atom stereocenters. The summed E-state index contributed by atoms with van der Waals surface area (Å²) in [5, 5.41) is 3.57. The fourth-order valence-corrected chi connectivity index (χ4v) is 5.04. The van der Waals surface area contributed by atoms with Gasteiger partial charge in [0.15, 0.2) is 0 Å². The Hall–Kier alpha value is -0.860. The number of benzene rings is 1. The molecule has 1 heterocycles. The van der Waals surface area contributed by atoms with E-state index in [1.165, 1.54) is 42.5 Å². The number of methoxy groups -OCH3 is 1. The summed E-state index contributed by atoms with van der Waals surface area (Å²) in [6, 6.07) is 4.52. The SMILES string of the molecule is COC(=O)c1ccc(S(=O)(=O)N2CCC(NCC3CC3)CC2)c(Cl)c1.Cl. The summed E-state index contributed by atoms with van der Waals surface area (Å²) in [6.45, 7) is 1.98. The van der Waals surface area contributed by atoms with E-state index >= 15 is 0 Å². The first kappa shape index (κ1) is 21.4. The Morgan fingerprint density at radius 1 is 1.27 bits per heavy atom. The van der Waals surface area contributed by atoms with Crippen molar-refractivity contribution in [1.29, 1.82) is 0 Å². The molecular weight excluding hydrogens is 399 g/mol. The number of hydrogen-bond acceptors (Lipinski definition) is 5. The molecule has 1 aliphatic carbocycles. The predicted molar refractivity (Wildman–Crippen MR) is 103 cm³/mol. The molecule has 1 aromatic carbocycles. The quantitative estimate of drug-likeness (QED) is 0.713. The Labute approximate surface area is 165 Å². The summed E-state index contributed by atoms with van der Waals surface area (Å²) in [7, 11) is -2.40. The zero-order valence-corrected chi connectivity index (χ0v) is 17.0. The molecular formula is C17H24Cl2N2O4S. The van der Waals surface area contributed by atoms with Crippen molar-refractivity contribution in [3.63, 3.8) is 0 Å². The molecule has 0 amide bonds. The van der Waals surface area contributed by atoms with E-state index < -0.39 is 16.0 Å². The molecule has 26 heavy (non-hydrogen) atoms. The van der Waals surface area contributed by atoms with Crippen molar-refractivity contribution in [2.45, 2.75) is 36.6 Å². The molecule has 6 nitrogen and oxygen atoms in total. The number of ether oxygens (including phenoxy) is 1. The topological polar surface area (TPSA) is 75.7 Å². The average Bonchev–Trinajstić information content (AvgIpc) is 3.43. The molecule has 0 aromatic heterocycles. The van der Waals surface area contributed by atoms with Crippen molar-refractivity contribution in [2.75, 3.05) is 26.7 Å². The van der Waals surface area contributed by atoms with E-state index in [0.29, 0.717) is 19.1 Å². The first-order valence-corrected chi connectivity index (χ1v) is 10.3. The molecule has 0 atom stereocenters. The minimum Gasteiger partial charge on any atom is -0.465 e. The van der Waals surface area contributed by atoms with Gasteiger partial charge in [0.05, 0.1) is 17.7 Å². The predicted octanol–water partition coefficient (Wildman–Crippen LogP) is 2.70. The van der Waals surface area contributed by atoms with Gasteiger partial charge in [-0.2, -0.15) is 4.31 Å². The van der Waals surface area contributed by atoms with Gasteiger partial charge in [0.2, 0.25) is 10.0 Å². The largest absolute Gasteiger partial charge is 0.465 e. The summed E-state index contributed by atoms with van der Waals surface area (Å²) < 4.78 is 31.8. The van der Waals surface area contributed by atoms with Crippen molar-refractivity contribution in [1.82, 2.24) is 9.62 Å². The van der Waals surface area contributed by atoms with Gasteiger partial charge in [0.1, 0.15) is 4.90 Å². The highest BCUT2D eigenvalue weighted by Gasteiger charge is 2.31. The van der Waals surface area contributed by atoms with Crippen molar-refractivity contribution in [2.24, 2.45) is 5.92 Å². The second kappa shape index (κ2) is 8.89. The molecule has 9 heteroatoms. The Bertz CT molecular complexity index is 745. The van der Waals surface area contributed by atoms with E-state index in [0.717, 1.165) is 25.3 Å². The molecule has 1 saturated carbocycles. The normalized spacial score (nSPS) is 19.0. The van der Waals surface area contributed by atoms with Crippen LogP contribution in [0.5, 0.6) is 0 Å². The molecule has 1 aliphatic heterocycles. The maximum atomic E-state index is 12.8. The van der Waals surface area contributed by atoms with Crippen LogP contribution in [0.1, 0.15) is 36.0 Å². The molecule has 0 radical (unpaired) electrons. The van der Waals surface area contributed by atoms with E-state index in [1.54, 1.807) is 0 Å². The van der Waals surface area contributed by atoms with Gasteiger partial charge in [-0.1, -0.05) is 11.6 Å². The van der Waals surface area contributed by atoms with Crippen molar-refractivity contribution in [3.05, 3.63) is 28.8 Å². The summed E-state index contributed by atoms with van der Waals surface area (Å²) in [5.41, 5.74) is 0.231. The Morgan fingerprint density at radius 2 is 1.92 bits per heavy atom. The van der Waals surface area contributed by atoms with Gasteiger partial charge >= 0.3 is 5.97 Å². The summed E-state index contributed by atoms with van der Waals surface area (Å²) in [6.07, 6.45) is 4.20. The smallest absolute Gasteiger partial charge is 0.337 e. The van der Waals surface area contributed by atoms with E-state index in [1.807, 2.05) is 0 Å². The van der Waals surface area contributed by atoms with Crippen LogP contribution >= 0.6 is 24.0 Å².